The zero-order valence-corrected chi connectivity index (χ0v) is 16.1. The highest BCUT2D eigenvalue weighted by molar-refractivity contribution is 9.10. The highest BCUT2D eigenvalue weighted by Crippen LogP contribution is 2.36. The lowest BCUT2D eigenvalue weighted by Crippen LogP contribution is -2.38. The molecule has 0 radical (unpaired) electrons. The molecule has 4 rings (SSSR count). The van der Waals surface area contributed by atoms with E-state index in [4.69, 9.17) is 4.74 Å². The summed E-state index contributed by atoms with van der Waals surface area (Å²) in [4.78, 5) is 4.30. The zero-order chi connectivity index (χ0) is 17.9. The molecule has 7 heteroatoms. The van der Waals surface area contributed by atoms with Crippen molar-refractivity contribution >= 4 is 32.5 Å². The molecule has 6 nitrogen and oxygen atoms in total. The van der Waals surface area contributed by atoms with Crippen LogP contribution in [0.15, 0.2) is 41.1 Å². The van der Waals surface area contributed by atoms with Crippen LogP contribution >= 0.6 is 15.9 Å². The van der Waals surface area contributed by atoms with Gasteiger partial charge >= 0.3 is 0 Å². The standard InChI is InChI=1S/C19H20BrN5O/c1-26-17-9-12(20)4-5-15(17)18-14-6-8-22-11-16(14)19(25-24-18)23-13-3-2-7-21-10-13/h4-6,8-9,11,13,21H,2-3,7,10H2,1H3,(H,23,25)/t13-/m1/s1. The fraction of sp³-hybridized carbons (Fsp3) is 0.316. The highest BCUT2D eigenvalue weighted by Gasteiger charge is 2.18. The van der Waals surface area contributed by atoms with Gasteiger partial charge in [0.15, 0.2) is 5.82 Å². The van der Waals surface area contributed by atoms with Crippen molar-refractivity contribution in [3.05, 3.63) is 41.1 Å². The van der Waals surface area contributed by atoms with Gasteiger partial charge in [0, 0.05) is 45.8 Å². The van der Waals surface area contributed by atoms with Gasteiger partial charge in [0.25, 0.3) is 0 Å². The monoisotopic (exact) mass is 413 g/mol. The number of fused-ring (bicyclic) bond motifs is 1. The fourth-order valence-corrected chi connectivity index (χ4v) is 3.67. The Hall–Kier alpha value is -2.25. The van der Waals surface area contributed by atoms with Gasteiger partial charge in [-0.25, -0.2) is 0 Å². The second kappa shape index (κ2) is 7.55. The number of halogens is 1. The maximum atomic E-state index is 5.54. The average molecular weight is 414 g/mol. The molecule has 1 fully saturated rings. The van der Waals surface area contributed by atoms with Crippen LogP contribution < -0.4 is 15.4 Å². The Labute approximate surface area is 160 Å². The minimum absolute atomic E-state index is 0.356. The van der Waals surface area contributed by atoms with E-state index < -0.39 is 0 Å². The molecule has 0 aliphatic carbocycles. The van der Waals surface area contributed by atoms with E-state index in [1.54, 1.807) is 13.3 Å². The van der Waals surface area contributed by atoms with Crippen LogP contribution in [0.1, 0.15) is 12.8 Å². The number of aromatic nitrogens is 3. The van der Waals surface area contributed by atoms with E-state index in [2.05, 4.69) is 41.7 Å². The number of nitrogens with zero attached hydrogens (tertiary/aromatic N) is 3. The van der Waals surface area contributed by atoms with Crippen molar-refractivity contribution in [3.8, 4) is 17.0 Å². The molecule has 1 aliphatic heterocycles. The number of benzene rings is 1. The molecular weight excluding hydrogens is 394 g/mol. The van der Waals surface area contributed by atoms with Gasteiger partial charge < -0.3 is 15.4 Å². The van der Waals surface area contributed by atoms with Crippen molar-refractivity contribution in [2.24, 2.45) is 0 Å². The van der Waals surface area contributed by atoms with Crippen molar-refractivity contribution in [2.45, 2.75) is 18.9 Å². The first-order valence-corrected chi connectivity index (χ1v) is 9.47. The van der Waals surface area contributed by atoms with Crippen LogP contribution in [0.5, 0.6) is 5.75 Å². The average Bonchev–Trinajstić information content (AvgIpc) is 2.69. The number of hydrogen-bond donors (Lipinski definition) is 2. The van der Waals surface area contributed by atoms with E-state index >= 15 is 0 Å². The molecule has 0 spiro atoms. The molecule has 26 heavy (non-hydrogen) atoms. The predicted octanol–water partition coefficient (Wildman–Crippen LogP) is 3.63. The van der Waals surface area contributed by atoms with Crippen LogP contribution in [0, 0.1) is 0 Å². The second-order valence-electron chi connectivity index (χ2n) is 6.35. The molecule has 2 aromatic heterocycles. The van der Waals surface area contributed by atoms with Crippen LogP contribution in [0.25, 0.3) is 22.0 Å². The van der Waals surface area contributed by atoms with Crippen LogP contribution in [0.3, 0.4) is 0 Å². The van der Waals surface area contributed by atoms with E-state index in [1.807, 2.05) is 30.5 Å². The van der Waals surface area contributed by atoms with Crippen LogP contribution in [0.2, 0.25) is 0 Å². The molecule has 1 saturated heterocycles. The van der Waals surface area contributed by atoms with E-state index in [0.717, 1.165) is 64.0 Å². The van der Waals surface area contributed by atoms with Crippen molar-refractivity contribution in [3.63, 3.8) is 0 Å². The molecule has 0 unspecified atom stereocenters. The maximum Gasteiger partial charge on any atom is 0.158 e. The third kappa shape index (κ3) is 3.37. The van der Waals surface area contributed by atoms with E-state index in [0.29, 0.717) is 6.04 Å². The Morgan fingerprint density at radius 3 is 2.96 bits per heavy atom. The van der Waals surface area contributed by atoms with Gasteiger partial charge in [-0.1, -0.05) is 15.9 Å². The Kier molecular flexibility index (Phi) is 4.99. The van der Waals surface area contributed by atoms with Crippen LogP contribution in [0.4, 0.5) is 5.82 Å². The fourth-order valence-electron chi connectivity index (χ4n) is 3.33. The van der Waals surface area contributed by atoms with E-state index in [9.17, 15) is 0 Å². The lowest BCUT2D eigenvalue weighted by Gasteiger charge is -2.24. The number of ether oxygens (including phenoxy) is 1. The Morgan fingerprint density at radius 1 is 1.23 bits per heavy atom. The van der Waals surface area contributed by atoms with Gasteiger partial charge in [-0.05, 0) is 43.7 Å². The minimum Gasteiger partial charge on any atom is -0.496 e. The van der Waals surface area contributed by atoms with Crippen molar-refractivity contribution in [2.75, 3.05) is 25.5 Å². The summed E-state index contributed by atoms with van der Waals surface area (Å²) in [6, 6.07) is 8.24. The van der Waals surface area contributed by atoms with Gasteiger partial charge in [0.2, 0.25) is 0 Å². The molecule has 1 aromatic carbocycles. The Bertz CT molecular complexity index is 927. The summed E-state index contributed by atoms with van der Waals surface area (Å²) in [7, 11) is 1.66. The number of nitrogens with one attached hydrogen (secondary N) is 2. The Balaban J connectivity index is 1.79. The normalized spacial score (nSPS) is 17.2. The second-order valence-corrected chi connectivity index (χ2v) is 7.27. The summed E-state index contributed by atoms with van der Waals surface area (Å²) < 4.78 is 6.50. The van der Waals surface area contributed by atoms with Crippen molar-refractivity contribution in [1.29, 1.82) is 0 Å². The first-order valence-electron chi connectivity index (χ1n) is 8.68. The number of pyridine rings is 1. The van der Waals surface area contributed by atoms with E-state index in [-0.39, 0.29) is 0 Å². The summed E-state index contributed by atoms with van der Waals surface area (Å²) >= 11 is 3.48. The lowest BCUT2D eigenvalue weighted by atomic mass is 10.0. The predicted molar refractivity (Wildman–Crippen MR) is 107 cm³/mol. The molecule has 0 amide bonds. The molecule has 1 atom stereocenters. The quantitative estimate of drug-likeness (QED) is 0.680. The van der Waals surface area contributed by atoms with Gasteiger partial charge in [0.1, 0.15) is 11.4 Å². The molecular formula is C19H20BrN5O. The van der Waals surface area contributed by atoms with Gasteiger partial charge in [0.05, 0.1) is 7.11 Å². The molecule has 3 heterocycles. The molecule has 0 saturated carbocycles. The number of anilines is 1. The molecule has 134 valence electrons. The summed E-state index contributed by atoms with van der Waals surface area (Å²) in [5, 5.41) is 17.9. The lowest BCUT2D eigenvalue weighted by molar-refractivity contribution is 0.416. The number of hydrogen-bond acceptors (Lipinski definition) is 6. The maximum absolute atomic E-state index is 5.54. The van der Waals surface area contributed by atoms with Gasteiger partial charge in [-0.15, -0.1) is 10.2 Å². The smallest absolute Gasteiger partial charge is 0.158 e. The van der Waals surface area contributed by atoms with Crippen molar-refractivity contribution in [1.82, 2.24) is 20.5 Å². The van der Waals surface area contributed by atoms with Gasteiger partial charge in [-0.2, -0.15) is 0 Å². The summed E-state index contributed by atoms with van der Waals surface area (Å²) in [5.74, 6) is 1.53. The Morgan fingerprint density at radius 2 is 2.15 bits per heavy atom. The molecule has 1 aliphatic rings. The van der Waals surface area contributed by atoms with Crippen LogP contribution in [-0.2, 0) is 0 Å². The zero-order valence-electron chi connectivity index (χ0n) is 14.5. The van der Waals surface area contributed by atoms with Gasteiger partial charge in [-0.3, -0.25) is 4.98 Å². The first kappa shape index (κ1) is 17.2. The topological polar surface area (TPSA) is 72.0 Å². The number of rotatable bonds is 4. The summed E-state index contributed by atoms with van der Waals surface area (Å²) in [5.41, 5.74) is 1.70. The minimum atomic E-state index is 0.356. The number of piperidine rings is 1. The molecule has 3 aromatic rings. The third-order valence-electron chi connectivity index (χ3n) is 4.64. The summed E-state index contributed by atoms with van der Waals surface area (Å²) in [6.07, 6.45) is 5.91. The van der Waals surface area contributed by atoms with E-state index in [1.165, 1.54) is 0 Å². The summed E-state index contributed by atoms with van der Waals surface area (Å²) in [6.45, 7) is 2.01. The SMILES string of the molecule is COc1cc(Br)ccc1-c1nnc(N[C@@H]2CCCNC2)c2cnccc12. The molecule has 2 N–H and O–H groups in total. The largest absolute Gasteiger partial charge is 0.496 e. The third-order valence-corrected chi connectivity index (χ3v) is 5.13. The van der Waals surface area contributed by atoms with Crippen molar-refractivity contribution < 1.29 is 4.74 Å². The highest BCUT2D eigenvalue weighted by atomic mass is 79.9. The number of methoxy groups -OCH3 is 1. The first-order chi connectivity index (χ1) is 12.8. The van der Waals surface area contributed by atoms with Crippen LogP contribution in [-0.4, -0.2) is 41.4 Å². The molecule has 0 bridgehead atoms.